The van der Waals surface area contributed by atoms with Gasteiger partial charge in [0.15, 0.2) is 11.6 Å². The number of hydrogen-bond donors (Lipinski definition) is 0. The van der Waals surface area contributed by atoms with Gasteiger partial charge in [-0.15, -0.1) is 10.2 Å². The molecule has 5 nitrogen and oxygen atoms in total. The highest BCUT2D eigenvalue weighted by atomic mass is 19.2. The van der Waals surface area contributed by atoms with Gasteiger partial charge in [0, 0.05) is 24.6 Å². The van der Waals surface area contributed by atoms with Crippen molar-refractivity contribution < 1.29 is 22.4 Å². The molecule has 2 heterocycles. The van der Waals surface area contributed by atoms with E-state index in [1.165, 1.54) is 18.2 Å². The van der Waals surface area contributed by atoms with E-state index in [-0.39, 0.29) is 40.6 Å². The zero-order valence-electron chi connectivity index (χ0n) is 16.4. The van der Waals surface area contributed by atoms with Crippen LogP contribution in [0.25, 0.3) is 11.5 Å². The van der Waals surface area contributed by atoms with Gasteiger partial charge in [-0.25, -0.2) is 13.2 Å². The summed E-state index contributed by atoms with van der Waals surface area (Å²) >= 11 is 0. The van der Waals surface area contributed by atoms with E-state index >= 15 is 0 Å². The molecule has 1 atom stereocenters. The molecule has 2 aromatic carbocycles. The average Bonchev–Trinajstić information content (AvgIpc) is 3.43. The Kier molecular flexibility index (Phi) is 5.57. The fourth-order valence-electron chi connectivity index (χ4n) is 3.57. The summed E-state index contributed by atoms with van der Waals surface area (Å²) in [5.41, 5.74) is 0.675. The van der Waals surface area contributed by atoms with Crippen LogP contribution in [0.2, 0.25) is 0 Å². The smallest absolute Gasteiger partial charge is 0.253 e. The van der Waals surface area contributed by atoms with Gasteiger partial charge in [0.2, 0.25) is 5.89 Å². The monoisotopic (exact) mass is 415 g/mol. The van der Waals surface area contributed by atoms with Crippen LogP contribution in [-0.2, 0) is 6.42 Å². The standard InChI is InChI=1S/C22H20F3N3O2/c1-13(10-14-4-6-16(23)7-5-14)20-26-27-21(30-20)17-11-15(12-18(24)19(17)25)22(29)28-8-2-3-9-28/h4-7,11-13H,2-3,8-10H2,1H3. The van der Waals surface area contributed by atoms with E-state index in [2.05, 4.69) is 10.2 Å². The topological polar surface area (TPSA) is 59.2 Å². The number of halogens is 3. The van der Waals surface area contributed by atoms with Crippen LogP contribution >= 0.6 is 0 Å². The highest BCUT2D eigenvalue weighted by molar-refractivity contribution is 5.95. The number of aromatic nitrogens is 2. The van der Waals surface area contributed by atoms with Crippen LogP contribution < -0.4 is 0 Å². The van der Waals surface area contributed by atoms with E-state index in [4.69, 9.17) is 4.42 Å². The zero-order valence-corrected chi connectivity index (χ0v) is 16.4. The number of carbonyl (C=O) groups is 1. The van der Waals surface area contributed by atoms with Crippen molar-refractivity contribution in [1.82, 2.24) is 15.1 Å². The maximum Gasteiger partial charge on any atom is 0.253 e. The lowest BCUT2D eigenvalue weighted by Crippen LogP contribution is -2.27. The lowest BCUT2D eigenvalue weighted by atomic mass is 10.0. The molecule has 1 aliphatic rings. The van der Waals surface area contributed by atoms with Crippen molar-refractivity contribution in [3.8, 4) is 11.5 Å². The first-order valence-corrected chi connectivity index (χ1v) is 9.79. The van der Waals surface area contributed by atoms with Crippen molar-refractivity contribution in [3.63, 3.8) is 0 Å². The molecule has 0 spiro atoms. The summed E-state index contributed by atoms with van der Waals surface area (Å²) in [5.74, 6) is -3.14. The normalized spacial score (nSPS) is 14.9. The summed E-state index contributed by atoms with van der Waals surface area (Å²) in [6.07, 6.45) is 2.29. The quantitative estimate of drug-likeness (QED) is 0.604. The largest absolute Gasteiger partial charge is 0.420 e. The molecule has 1 fully saturated rings. The number of rotatable bonds is 5. The molecule has 30 heavy (non-hydrogen) atoms. The second-order valence-corrected chi connectivity index (χ2v) is 7.50. The van der Waals surface area contributed by atoms with Crippen molar-refractivity contribution in [2.45, 2.75) is 32.1 Å². The Labute approximate surface area is 171 Å². The Bertz CT molecular complexity index is 1060. The first-order chi connectivity index (χ1) is 14.4. The van der Waals surface area contributed by atoms with E-state index in [9.17, 15) is 18.0 Å². The molecule has 1 aromatic heterocycles. The second kappa shape index (κ2) is 8.30. The molecule has 8 heteroatoms. The first kappa shape index (κ1) is 20.1. The van der Waals surface area contributed by atoms with Gasteiger partial charge < -0.3 is 9.32 Å². The molecule has 0 N–H and O–H groups in total. The average molecular weight is 415 g/mol. The Morgan fingerprint density at radius 3 is 2.50 bits per heavy atom. The summed E-state index contributed by atoms with van der Waals surface area (Å²) in [6.45, 7) is 3.03. The van der Waals surface area contributed by atoms with Gasteiger partial charge in [0.1, 0.15) is 5.82 Å². The minimum absolute atomic E-state index is 0.0462. The lowest BCUT2D eigenvalue weighted by molar-refractivity contribution is 0.0792. The predicted molar refractivity (Wildman–Crippen MR) is 103 cm³/mol. The summed E-state index contributed by atoms with van der Waals surface area (Å²) in [7, 11) is 0. The molecule has 4 rings (SSSR count). The Balaban J connectivity index is 1.59. The summed E-state index contributed by atoms with van der Waals surface area (Å²) < 4.78 is 47.3. The fraction of sp³-hybridized carbons (Fsp3) is 0.318. The van der Waals surface area contributed by atoms with Gasteiger partial charge in [0.25, 0.3) is 11.8 Å². The number of benzene rings is 2. The lowest BCUT2D eigenvalue weighted by Gasteiger charge is -2.15. The number of nitrogens with zero attached hydrogens (tertiary/aromatic N) is 3. The molecular formula is C22H20F3N3O2. The molecule has 1 aliphatic heterocycles. The first-order valence-electron chi connectivity index (χ1n) is 9.79. The third-order valence-corrected chi connectivity index (χ3v) is 5.22. The van der Waals surface area contributed by atoms with Crippen LogP contribution in [0.5, 0.6) is 0 Å². The van der Waals surface area contributed by atoms with Crippen LogP contribution in [0.1, 0.15) is 47.5 Å². The number of likely N-dealkylation sites (tertiary alicyclic amines) is 1. The van der Waals surface area contributed by atoms with Gasteiger partial charge in [-0.3, -0.25) is 4.79 Å². The molecule has 0 aliphatic carbocycles. The van der Waals surface area contributed by atoms with Crippen LogP contribution in [-0.4, -0.2) is 34.1 Å². The van der Waals surface area contributed by atoms with Crippen molar-refractivity contribution in [3.05, 3.63) is 70.9 Å². The maximum absolute atomic E-state index is 14.4. The number of carbonyl (C=O) groups excluding carboxylic acids is 1. The van der Waals surface area contributed by atoms with Gasteiger partial charge in [0.05, 0.1) is 5.56 Å². The number of hydrogen-bond acceptors (Lipinski definition) is 4. The van der Waals surface area contributed by atoms with Crippen LogP contribution in [0.4, 0.5) is 13.2 Å². The molecule has 1 saturated heterocycles. The van der Waals surface area contributed by atoms with E-state index in [0.29, 0.717) is 19.5 Å². The molecule has 0 radical (unpaired) electrons. The summed E-state index contributed by atoms with van der Waals surface area (Å²) in [5, 5.41) is 7.81. The summed E-state index contributed by atoms with van der Waals surface area (Å²) in [4.78, 5) is 14.2. The van der Waals surface area contributed by atoms with Crippen molar-refractivity contribution in [1.29, 1.82) is 0 Å². The molecule has 0 bridgehead atoms. The molecule has 1 unspecified atom stereocenters. The highest BCUT2D eigenvalue weighted by Gasteiger charge is 2.25. The maximum atomic E-state index is 14.4. The molecular weight excluding hydrogens is 395 g/mol. The number of amides is 1. The van der Waals surface area contributed by atoms with E-state index in [1.807, 2.05) is 6.92 Å². The summed E-state index contributed by atoms with van der Waals surface area (Å²) in [6, 6.07) is 8.19. The van der Waals surface area contributed by atoms with E-state index < -0.39 is 11.6 Å². The predicted octanol–water partition coefficient (Wildman–Crippen LogP) is 4.74. The Morgan fingerprint density at radius 1 is 1.10 bits per heavy atom. The SMILES string of the molecule is CC(Cc1ccc(F)cc1)c1nnc(-c2cc(C(=O)N3CCCC3)cc(F)c2F)o1. The minimum Gasteiger partial charge on any atom is -0.420 e. The Hall–Kier alpha value is -3.16. The van der Waals surface area contributed by atoms with Gasteiger partial charge in [-0.05, 0) is 49.1 Å². The minimum atomic E-state index is -1.14. The van der Waals surface area contributed by atoms with Crippen LogP contribution in [0.15, 0.2) is 40.8 Å². The molecule has 156 valence electrons. The van der Waals surface area contributed by atoms with E-state index in [0.717, 1.165) is 24.5 Å². The molecule has 3 aromatic rings. The third kappa shape index (κ3) is 4.08. The molecule has 1 amide bonds. The van der Waals surface area contributed by atoms with E-state index in [1.54, 1.807) is 17.0 Å². The fourth-order valence-corrected chi connectivity index (χ4v) is 3.57. The van der Waals surface area contributed by atoms with Crippen molar-refractivity contribution in [2.24, 2.45) is 0 Å². The van der Waals surface area contributed by atoms with Gasteiger partial charge >= 0.3 is 0 Å². The van der Waals surface area contributed by atoms with Crippen molar-refractivity contribution in [2.75, 3.05) is 13.1 Å². The zero-order chi connectivity index (χ0) is 21.3. The van der Waals surface area contributed by atoms with Crippen LogP contribution in [0, 0.1) is 17.5 Å². The second-order valence-electron chi connectivity index (χ2n) is 7.50. The van der Waals surface area contributed by atoms with Crippen LogP contribution in [0.3, 0.4) is 0 Å². The van der Waals surface area contributed by atoms with Crippen molar-refractivity contribution >= 4 is 5.91 Å². The Morgan fingerprint density at radius 2 is 1.80 bits per heavy atom. The highest BCUT2D eigenvalue weighted by Crippen LogP contribution is 2.29. The molecule has 0 saturated carbocycles. The van der Waals surface area contributed by atoms with Gasteiger partial charge in [-0.2, -0.15) is 0 Å². The third-order valence-electron chi connectivity index (χ3n) is 5.22. The van der Waals surface area contributed by atoms with Gasteiger partial charge in [-0.1, -0.05) is 19.1 Å².